The molecule has 0 saturated carbocycles. The molecule has 2 rings (SSSR count). The van der Waals surface area contributed by atoms with E-state index in [4.69, 9.17) is 11.6 Å². The van der Waals surface area contributed by atoms with Gasteiger partial charge in [-0.05, 0) is 25.1 Å². The maximum absolute atomic E-state index is 12.2. The quantitative estimate of drug-likeness (QED) is 0.648. The number of aromatic nitrogens is 1. The topological polar surface area (TPSA) is 94.4 Å². The summed E-state index contributed by atoms with van der Waals surface area (Å²) in [6, 6.07) is 4.79. The minimum absolute atomic E-state index is 0.00762. The zero-order chi connectivity index (χ0) is 17.9. The molecule has 2 aromatic rings. The number of carbonyl (C=O) groups excluding carboxylic acids is 1. The number of pyridine rings is 1. The van der Waals surface area contributed by atoms with Crippen molar-refractivity contribution in [3.8, 4) is 5.75 Å². The van der Waals surface area contributed by atoms with Crippen molar-refractivity contribution in [3.05, 3.63) is 56.9 Å². The monoisotopic (exact) mass is 357 g/mol. The highest BCUT2D eigenvalue weighted by Gasteiger charge is 2.17. The van der Waals surface area contributed by atoms with Gasteiger partial charge in [0.15, 0.2) is 0 Å². The van der Waals surface area contributed by atoms with Gasteiger partial charge in [-0.1, -0.05) is 11.6 Å². The number of amides is 1. The van der Waals surface area contributed by atoms with Crippen LogP contribution in [0.5, 0.6) is 5.75 Å². The summed E-state index contributed by atoms with van der Waals surface area (Å²) in [5.74, 6) is -0.889. The molecule has 7 nitrogen and oxygen atoms in total. The van der Waals surface area contributed by atoms with Gasteiger partial charge in [-0.2, -0.15) is 8.78 Å². The fourth-order valence-corrected chi connectivity index (χ4v) is 2.05. The summed E-state index contributed by atoms with van der Waals surface area (Å²) in [6.45, 7) is -1.51. The summed E-state index contributed by atoms with van der Waals surface area (Å²) in [7, 11) is 0. The molecule has 126 valence electrons. The normalized spacial score (nSPS) is 10.5. The Bertz CT molecular complexity index is 802. The van der Waals surface area contributed by atoms with Crippen LogP contribution in [0, 0.1) is 17.0 Å². The Balaban J connectivity index is 2.22. The zero-order valence-electron chi connectivity index (χ0n) is 12.1. The Morgan fingerprint density at radius 1 is 1.42 bits per heavy atom. The van der Waals surface area contributed by atoms with Gasteiger partial charge in [0.05, 0.1) is 21.2 Å². The molecule has 0 spiro atoms. The minimum Gasteiger partial charge on any atom is -0.433 e. The molecule has 0 aliphatic carbocycles. The SMILES string of the molecule is Cc1ncc([N+](=O)[O-])cc1C(=O)Nc1ccc(OC(F)F)c(Cl)c1. The number of halogens is 3. The van der Waals surface area contributed by atoms with Crippen molar-refractivity contribution < 1.29 is 23.2 Å². The van der Waals surface area contributed by atoms with E-state index in [1.165, 1.54) is 25.1 Å². The fourth-order valence-electron chi connectivity index (χ4n) is 1.82. The second-order valence-corrected chi connectivity index (χ2v) is 4.97. The van der Waals surface area contributed by atoms with Gasteiger partial charge < -0.3 is 10.1 Å². The number of aryl methyl sites for hydroxylation is 1. The van der Waals surface area contributed by atoms with E-state index in [1.807, 2.05) is 0 Å². The predicted molar refractivity (Wildman–Crippen MR) is 81.7 cm³/mol. The first-order chi connectivity index (χ1) is 11.3. The molecule has 1 aromatic heterocycles. The van der Waals surface area contributed by atoms with Gasteiger partial charge in [0, 0.05) is 11.8 Å². The number of ether oxygens (including phenoxy) is 1. The third-order valence-corrected chi connectivity index (χ3v) is 3.23. The first kappa shape index (κ1) is 17.5. The highest BCUT2D eigenvalue weighted by atomic mass is 35.5. The third kappa shape index (κ3) is 4.13. The first-order valence-electron chi connectivity index (χ1n) is 6.44. The number of anilines is 1. The lowest BCUT2D eigenvalue weighted by molar-refractivity contribution is -0.385. The van der Waals surface area contributed by atoms with Gasteiger partial charge >= 0.3 is 6.61 Å². The van der Waals surface area contributed by atoms with Gasteiger partial charge in [0.25, 0.3) is 11.6 Å². The molecule has 0 aliphatic heterocycles. The highest BCUT2D eigenvalue weighted by Crippen LogP contribution is 2.29. The Labute approximate surface area is 139 Å². The fraction of sp³-hybridized carbons (Fsp3) is 0.143. The average Bonchev–Trinajstić information content (AvgIpc) is 2.49. The lowest BCUT2D eigenvalue weighted by atomic mass is 10.1. The van der Waals surface area contributed by atoms with Crippen molar-refractivity contribution in [1.29, 1.82) is 0 Å². The number of hydrogen-bond donors (Lipinski definition) is 1. The summed E-state index contributed by atoms with van der Waals surface area (Å²) in [4.78, 5) is 26.1. The molecular formula is C14H10ClF2N3O4. The number of hydrogen-bond acceptors (Lipinski definition) is 5. The molecular weight excluding hydrogens is 348 g/mol. The van der Waals surface area contributed by atoms with Crippen molar-refractivity contribution in [2.24, 2.45) is 0 Å². The molecule has 0 saturated heterocycles. The van der Waals surface area contributed by atoms with Crippen LogP contribution >= 0.6 is 11.6 Å². The number of benzene rings is 1. The number of nitrogens with zero attached hydrogens (tertiary/aromatic N) is 2. The molecule has 1 heterocycles. The number of nitro groups is 1. The number of nitrogens with one attached hydrogen (secondary N) is 1. The molecule has 1 aromatic carbocycles. The van der Waals surface area contributed by atoms with E-state index in [9.17, 15) is 23.7 Å². The van der Waals surface area contributed by atoms with Crippen molar-refractivity contribution in [2.75, 3.05) is 5.32 Å². The van der Waals surface area contributed by atoms with Gasteiger partial charge in [0.1, 0.15) is 11.9 Å². The van der Waals surface area contributed by atoms with Gasteiger partial charge in [-0.3, -0.25) is 19.9 Å². The van der Waals surface area contributed by atoms with E-state index in [-0.39, 0.29) is 27.7 Å². The third-order valence-electron chi connectivity index (χ3n) is 2.93. The van der Waals surface area contributed by atoms with Crippen LogP contribution in [0.2, 0.25) is 5.02 Å². The van der Waals surface area contributed by atoms with E-state index >= 15 is 0 Å². The maximum Gasteiger partial charge on any atom is 0.387 e. The zero-order valence-corrected chi connectivity index (χ0v) is 12.9. The number of alkyl halides is 2. The van der Waals surface area contributed by atoms with E-state index in [0.717, 1.165) is 12.3 Å². The molecule has 0 bridgehead atoms. The van der Waals surface area contributed by atoms with Gasteiger partial charge in [0.2, 0.25) is 0 Å². The highest BCUT2D eigenvalue weighted by molar-refractivity contribution is 6.32. The average molecular weight is 358 g/mol. The van der Waals surface area contributed by atoms with Crippen LogP contribution in [0.15, 0.2) is 30.5 Å². The van der Waals surface area contributed by atoms with Crippen LogP contribution in [-0.2, 0) is 0 Å². The van der Waals surface area contributed by atoms with Crippen molar-refractivity contribution >= 4 is 28.9 Å². The van der Waals surface area contributed by atoms with Crippen molar-refractivity contribution in [1.82, 2.24) is 4.98 Å². The molecule has 0 unspecified atom stereocenters. The standard InChI is InChI=1S/C14H10ClF2N3O4/c1-7-10(5-9(6-18-7)20(22)23)13(21)19-8-2-3-12(11(15)4-8)24-14(16)17/h2-6,14H,1H3,(H,19,21). The molecule has 1 amide bonds. The van der Waals surface area contributed by atoms with Gasteiger partial charge in [-0.15, -0.1) is 0 Å². The van der Waals surface area contributed by atoms with Crippen molar-refractivity contribution in [3.63, 3.8) is 0 Å². The summed E-state index contributed by atoms with van der Waals surface area (Å²) in [6.07, 6.45) is 1.04. The first-order valence-corrected chi connectivity index (χ1v) is 6.82. The van der Waals surface area contributed by atoms with E-state index in [0.29, 0.717) is 5.69 Å². The summed E-state index contributed by atoms with van der Waals surface area (Å²) in [5.41, 5.74) is 0.178. The van der Waals surface area contributed by atoms with E-state index < -0.39 is 17.4 Å². The molecule has 10 heteroatoms. The second kappa shape index (κ2) is 7.18. The summed E-state index contributed by atoms with van der Waals surface area (Å²) < 4.78 is 28.5. The molecule has 1 N–H and O–H groups in total. The van der Waals surface area contributed by atoms with Crippen LogP contribution < -0.4 is 10.1 Å². The van der Waals surface area contributed by atoms with Crippen LogP contribution in [0.25, 0.3) is 0 Å². The number of carbonyl (C=O) groups is 1. The maximum atomic E-state index is 12.2. The number of rotatable bonds is 5. The lowest BCUT2D eigenvalue weighted by Crippen LogP contribution is -2.14. The van der Waals surface area contributed by atoms with Crippen molar-refractivity contribution in [2.45, 2.75) is 13.5 Å². The van der Waals surface area contributed by atoms with Crippen LogP contribution in [0.3, 0.4) is 0 Å². The molecule has 0 aliphatic rings. The summed E-state index contributed by atoms with van der Waals surface area (Å²) in [5, 5.41) is 13.1. The molecule has 24 heavy (non-hydrogen) atoms. The predicted octanol–water partition coefficient (Wildman–Crippen LogP) is 3.81. The Hall–Kier alpha value is -2.81. The Morgan fingerprint density at radius 3 is 2.71 bits per heavy atom. The minimum atomic E-state index is -3.03. The Kier molecular flexibility index (Phi) is 5.24. The van der Waals surface area contributed by atoms with Crippen LogP contribution in [0.1, 0.15) is 16.1 Å². The van der Waals surface area contributed by atoms with E-state index in [2.05, 4.69) is 15.0 Å². The van der Waals surface area contributed by atoms with Crippen LogP contribution in [-0.4, -0.2) is 22.4 Å². The molecule has 0 fully saturated rings. The van der Waals surface area contributed by atoms with Gasteiger partial charge in [-0.25, -0.2) is 0 Å². The van der Waals surface area contributed by atoms with Crippen LogP contribution in [0.4, 0.5) is 20.2 Å². The van der Waals surface area contributed by atoms with E-state index in [1.54, 1.807) is 0 Å². The summed E-state index contributed by atoms with van der Waals surface area (Å²) >= 11 is 5.79. The molecule has 0 atom stereocenters. The molecule has 0 radical (unpaired) electrons. The second-order valence-electron chi connectivity index (χ2n) is 4.56. The smallest absolute Gasteiger partial charge is 0.387 e. The Morgan fingerprint density at radius 2 is 2.12 bits per heavy atom. The lowest BCUT2D eigenvalue weighted by Gasteiger charge is -2.10. The largest absolute Gasteiger partial charge is 0.433 e.